The van der Waals surface area contributed by atoms with Crippen LogP contribution in [0.15, 0.2) is 16.6 Å². The molecule has 0 radical (unpaired) electrons. The van der Waals surface area contributed by atoms with Crippen molar-refractivity contribution in [1.82, 2.24) is 10.2 Å². The molecule has 1 saturated heterocycles. The zero-order valence-electron chi connectivity index (χ0n) is 12.9. The van der Waals surface area contributed by atoms with Crippen LogP contribution in [0.3, 0.4) is 0 Å². The third-order valence-corrected chi connectivity index (χ3v) is 5.64. The van der Waals surface area contributed by atoms with E-state index in [0.29, 0.717) is 5.92 Å². The van der Waals surface area contributed by atoms with Crippen LogP contribution < -0.4 is 10.1 Å². The van der Waals surface area contributed by atoms with Gasteiger partial charge in [0.05, 0.1) is 10.5 Å². The minimum atomic E-state index is -0.395. The number of benzene rings is 1. The highest BCUT2D eigenvalue weighted by Gasteiger charge is 2.53. The standard InChI is InChI=1S/C16H21BrN2OS/c1-5-6-19-15(21)18-13-10(3)16(19,4)20-14-11(13)7-9(2)8-12(14)17/h7-8,10,13H,5-6H2,1-4H3,(H,18,21). The summed E-state index contributed by atoms with van der Waals surface area (Å²) in [5.74, 6) is 1.26. The van der Waals surface area contributed by atoms with Crippen molar-refractivity contribution in [3.8, 4) is 5.75 Å². The Morgan fingerprint density at radius 1 is 1.48 bits per heavy atom. The van der Waals surface area contributed by atoms with Crippen LogP contribution in [0.2, 0.25) is 0 Å². The fourth-order valence-corrected chi connectivity index (χ4v) is 4.51. The molecule has 3 atom stereocenters. The number of hydrogen-bond donors (Lipinski definition) is 1. The molecule has 114 valence electrons. The van der Waals surface area contributed by atoms with Gasteiger partial charge in [-0.3, -0.25) is 0 Å². The SMILES string of the molecule is CCCN1C(=S)NC2c3cc(C)cc(Br)c3OC1(C)C2C. The molecular formula is C16H21BrN2OS. The number of aryl methyl sites for hydroxylation is 1. The van der Waals surface area contributed by atoms with Crippen LogP contribution in [-0.4, -0.2) is 22.3 Å². The molecular weight excluding hydrogens is 348 g/mol. The molecule has 2 aliphatic rings. The molecule has 3 rings (SSSR count). The molecule has 3 unspecified atom stereocenters. The molecule has 2 bridgehead atoms. The van der Waals surface area contributed by atoms with E-state index in [1.807, 2.05) is 0 Å². The van der Waals surface area contributed by atoms with Crippen LogP contribution in [-0.2, 0) is 0 Å². The zero-order valence-corrected chi connectivity index (χ0v) is 15.3. The van der Waals surface area contributed by atoms with E-state index < -0.39 is 5.72 Å². The number of halogens is 1. The maximum Gasteiger partial charge on any atom is 0.186 e. The number of nitrogens with one attached hydrogen (secondary N) is 1. The molecule has 5 heteroatoms. The molecule has 1 N–H and O–H groups in total. The first-order chi connectivity index (χ1) is 9.88. The maximum atomic E-state index is 6.48. The van der Waals surface area contributed by atoms with Crippen LogP contribution in [0.1, 0.15) is 44.4 Å². The highest BCUT2D eigenvalue weighted by Crippen LogP contribution is 2.50. The number of hydrogen-bond acceptors (Lipinski definition) is 2. The van der Waals surface area contributed by atoms with Crippen LogP contribution in [0, 0.1) is 12.8 Å². The predicted molar refractivity (Wildman–Crippen MR) is 92.5 cm³/mol. The maximum absolute atomic E-state index is 6.48. The summed E-state index contributed by atoms with van der Waals surface area (Å²) in [5, 5.41) is 4.32. The quantitative estimate of drug-likeness (QED) is 0.792. The van der Waals surface area contributed by atoms with Gasteiger partial charge in [-0.05, 0) is 60.0 Å². The van der Waals surface area contributed by atoms with Crippen molar-refractivity contribution in [1.29, 1.82) is 0 Å². The molecule has 0 amide bonds. The van der Waals surface area contributed by atoms with Gasteiger partial charge in [-0.1, -0.05) is 19.9 Å². The average molecular weight is 369 g/mol. The van der Waals surface area contributed by atoms with Crippen molar-refractivity contribution in [3.63, 3.8) is 0 Å². The smallest absolute Gasteiger partial charge is 0.186 e. The van der Waals surface area contributed by atoms with E-state index in [0.717, 1.165) is 28.3 Å². The van der Waals surface area contributed by atoms with Crippen LogP contribution in [0.5, 0.6) is 5.75 Å². The van der Waals surface area contributed by atoms with Crippen molar-refractivity contribution in [2.75, 3.05) is 6.54 Å². The molecule has 0 aromatic heterocycles. The number of rotatable bonds is 2. The van der Waals surface area contributed by atoms with E-state index in [9.17, 15) is 0 Å². The summed E-state index contributed by atoms with van der Waals surface area (Å²) in [6.45, 7) is 9.56. The first kappa shape index (κ1) is 15.1. The van der Waals surface area contributed by atoms with Gasteiger partial charge < -0.3 is 15.0 Å². The summed E-state index contributed by atoms with van der Waals surface area (Å²) >= 11 is 9.24. The second-order valence-corrected chi connectivity index (χ2v) is 7.43. The molecule has 0 spiro atoms. The summed E-state index contributed by atoms with van der Waals surface area (Å²) in [5.41, 5.74) is 2.03. The van der Waals surface area contributed by atoms with E-state index >= 15 is 0 Å². The largest absolute Gasteiger partial charge is 0.466 e. The summed E-state index contributed by atoms with van der Waals surface area (Å²) in [7, 11) is 0. The van der Waals surface area contributed by atoms with Gasteiger partial charge in [0.15, 0.2) is 10.8 Å². The Bertz CT molecular complexity index is 606. The van der Waals surface area contributed by atoms with Crippen LogP contribution in [0.4, 0.5) is 0 Å². The Kier molecular flexibility index (Phi) is 3.69. The van der Waals surface area contributed by atoms with Crippen LogP contribution in [0.25, 0.3) is 0 Å². The van der Waals surface area contributed by atoms with E-state index in [-0.39, 0.29) is 6.04 Å². The molecule has 1 aromatic rings. The third kappa shape index (κ3) is 2.16. The van der Waals surface area contributed by atoms with Gasteiger partial charge in [-0.2, -0.15) is 0 Å². The van der Waals surface area contributed by atoms with Crippen LogP contribution >= 0.6 is 28.1 Å². The van der Waals surface area contributed by atoms with Gasteiger partial charge in [-0.15, -0.1) is 0 Å². The Morgan fingerprint density at radius 2 is 2.19 bits per heavy atom. The Balaban J connectivity index is 2.14. The Hall–Kier alpha value is -0.810. The second-order valence-electron chi connectivity index (χ2n) is 6.19. The predicted octanol–water partition coefficient (Wildman–Crippen LogP) is 4.14. The van der Waals surface area contributed by atoms with Gasteiger partial charge in [0, 0.05) is 18.0 Å². The topological polar surface area (TPSA) is 24.5 Å². The first-order valence-electron chi connectivity index (χ1n) is 7.45. The van der Waals surface area contributed by atoms with Crippen molar-refractivity contribution < 1.29 is 4.74 Å². The number of ether oxygens (including phenoxy) is 1. The van der Waals surface area contributed by atoms with Crippen molar-refractivity contribution in [2.45, 2.75) is 45.9 Å². The Labute approximate surface area is 140 Å². The van der Waals surface area contributed by atoms with E-state index in [4.69, 9.17) is 17.0 Å². The van der Waals surface area contributed by atoms with E-state index in [1.165, 1.54) is 11.1 Å². The van der Waals surface area contributed by atoms with Gasteiger partial charge in [0.2, 0.25) is 0 Å². The number of thiocarbonyl (C=S) groups is 1. The lowest BCUT2D eigenvalue weighted by Gasteiger charge is -2.56. The number of fused-ring (bicyclic) bond motifs is 4. The van der Waals surface area contributed by atoms with Gasteiger partial charge in [0.1, 0.15) is 5.75 Å². The lowest BCUT2D eigenvalue weighted by molar-refractivity contribution is -0.110. The normalized spacial score (nSPS) is 30.5. The number of nitrogens with zero attached hydrogens (tertiary/aromatic N) is 1. The zero-order chi connectivity index (χ0) is 15.4. The molecule has 0 saturated carbocycles. The minimum absolute atomic E-state index is 0.204. The summed E-state index contributed by atoms with van der Waals surface area (Å²) in [6, 6.07) is 4.51. The molecule has 21 heavy (non-hydrogen) atoms. The molecule has 1 fully saturated rings. The summed E-state index contributed by atoms with van der Waals surface area (Å²) < 4.78 is 7.50. The van der Waals surface area contributed by atoms with E-state index in [2.05, 4.69) is 66.0 Å². The average Bonchev–Trinajstić information content (AvgIpc) is 2.41. The first-order valence-corrected chi connectivity index (χ1v) is 8.65. The molecule has 1 aromatic carbocycles. The Morgan fingerprint density at radius 3 is 2.86 bits per heavy atom. The second kappa shape index (κ2) is 5.13. The lowest BCUT2D eigenvalue weighted by atomic mass is 9.80. The summed E-state index contributed by atoms with van der Waals surface area (Å²) in [6.07, 6.45) is 1.04. The highest BCUT2D eigenvalue weighted by molar-refractivity contribution is 9.10. The monoisotopic (exact) mass is 368 g/mol. The molecule has 0 aliphatic carbocycles. The fourth-order valence-electron chi connectivity index (χ4n) is 3.44. The van der Waals surface area contributed by atoms with Gasteiger partial charge >= 0.3 is 0 Å². The third-order valence-electron chi connectivity index (χ3n) is 4.71. The fraction of sp³-hybridized carbons (Fsp3) is 0.562. The lowest BCUT2D eigenvalue weighted by Crippen LogP contribution is -2.69. The van der Waals surface area contributed by atoms with Gasteiger partial charge in [0.25, 0.3) is 0 Å². The molecule has 2 aliphatic heterocycles. The summed E-state index contributed by atoms with van der Waals surface area (Å²) in [4.78, 5) is 2.19. The van der Waals surface area contributed by atoms with Gasteiger partial charge in [-0.25, -0.2) is 0 Å². The van der Waals surface area contributed by atoms with Crippen molar-refractivity contribution >= 4 is 33.3 Å². The van der Waals surface area contributed by atoms with E-state index in [1.54, 1.807) is 0 Å². The molecule has 2 heterocycles. The molecule has 3 nitrogen and oxygen atoms in total. The van der Waals surface area contributed by atoms with Crippen molar-refractivity contribution in [2.24, 2.45) is 5.92 Å². The minimum Gasteiger partial charge on any atom is -0.466 e. The highest BCUT2D eigenvalue weighted by atomic mass is 79.9. The van der Waals surface area contributed by atoms with Crippen molar-refractivity contribution in [3.05, 3.63) is 27.7 Å².